The monoisotopic (exact) mass is 308 g/mol. The SMILES string of the molecule is CCOC(=O)C(Cl)c1ccc(-c2ccc(Cl)cc2)cc1. The van der Waals surface area contributed by atoms with Crippen molar-refractivity contribution in [3.05, 3.63) is 59.1 Å². The Bertz CT molecular complexity index is 576. The first-order valence-electron chi connectivity index (χ1n) is 6.28. The van der Waals surface area contributed by atoms with Gasteiger partial charge in [0, 0.05) is 5.02 Å². The summed E-state index contributed by atoms with van der Waals surface area (Å²) < 4.78 is 4.90. The van der Waals surface area contributed by atoms with Crippen molar-refractivity contribution < 1.29 is 9.53 Å². The van der Waals surface area contributed by atoms with Gasteiger partial charge in [0.2, 0.25) is 0 Å². The van der Waals surface area contributed by atoms with Gasteiger partial charge >= 0.3 is 5.97 Å². The predicted octanol–water partition coefficient (Wildman–Crippen LogP) is 4.85. The van der Waals surface area contributed by atoms with Crippen LogP contribution in [0.1, 0.15) is 17.9 Å². The fourth-order valence-electron chi connectivity index (χ4n) is 1.84. The molecule has 0 heterocycles. The Kier molecular flexibility index (Phi) is 5.05. The maximum absolute atomic E-state index is 11.6. The Hall–Kier alpha value is -1.51. The molecule has 0 aliphatic carbocycles. The molecule has 0 fully saturated rings. The van der Waals surface area contributed by atoms with Crippen molar-refractivity contribution in [3.8, 4) is 11.1 Å². The Morgan fingerprint density at radius 2 is 1.55 bits per heavy atom. The van der Waals surface area contributed by atoms with Crippen molar-refractivity contribution in [1.29, 1.82) is 0 Å². The van der Waals surface area contributed by atoms with Gasteiger partial charge in [0.15, 0.2) is 5.38 Å². The number of hydrogen-bond donors (Lipinski definition) is 0. The number of benzene rings is 2. The lowest BCUT2D eigenvalue weighted by atomic mass is 10.0. The summed E-state index contributed by atoms with van der Waals surface area (Å²) in [6, 6.07) is 15.1. The summed E-state index contributed by atoms with van der Waals surface area (Å²) >= 11 is 11.9. The zero-order chi connectivity index (χ0) is 14.5. The summed E-state index contributed by atoms with van der Waals surface area (Å²) in [4.78, 5) is 11.6. The van der Waals surface area contributed by atoms with E-state index in [4.69, 9.17) is 27.9 Å². The first-order chi connectivity index (χ1) is 9.61. The van der Waals surface area contributed by atoms with Gasteiger partial charge in [0.1, 0.15) is 0 Å². The third-order valence-electron chi connectivity index (χ3n) is 2.87. The fourth-order valence-corrected chi connectivity index (χ4v) is 2.17. The molecular formula is C16H14Cl2O2. The minimum absolute atomic E-state index is 0.324. The third kappa shape index (κ3) is 3.53. The molecule has 1 unspecified atom stereocenters. The highest BCUT2D eigenvalue weighted by Crippen LogP contribution is 2.26. The molecule has 2 aromatic rings. The molecule has 0 spiro atoms. The molecule has 2 nitrogen and oxygen atoms in total. The van der Waals surface area contributed by atoms with Gasteiger partial charge in [-0.15, -0.1) is 11.6 Å². The first-order valence-corrected chi connectivity index (χ1v) is 7.10. The molecule has 2 aromatic carbocycles. The van der Waals surface area contributed by atoms with Crippen LogP contribution in [0.2, 0.25) is 5.02 Å². The smallest absolute Gasteiger partial charge is 0.328 e. The van der Waals surface area contributed by atoms with Crippen LogP contribution in [0.3, 0.4) is 0 Å². The average Bonchev–Trinajstić information content (AvgIpc) is 2.48. The Labute approximate surface area is 128 Å². The van der Waals surface area contributed by atoms with Gasteiger partial charge in [0.25, 0.3) is 0 Å². The van der Waals surface area contributed by atoms with Crippen LogP contribution in [0, 0.1) is 0 Å². The van der Waals surface area contributed by atoms with E-state index in [2.05, 4.69) is 0 Å². The zero-order valence-corrected chi connectivity index (χ0v) is 12.5. The molecule has 0 aromatic heterocycles. The van der Waals surface area contributed by atoms with Crippen molar-refractivity contribution in [2.24, 2.45) is 0 Å². The molecule has 104 valence electrons. The van der Waals surface area contributed by atoms with E-state index < -0.39 is 11.3 Å². The van der Waals surface area contributed by atoms with Crippen LogP contribution < -0.4 is 0 Å². The van der Waals surface area contributed by atoms with Gasteiger partial charge < -0.3 is 4.74 Å². The number of hydrogen-bond acceptors (Lipinski definition) is 2. The molecule has 0 aliphatic heterocycles. The van der Waals surface area contributed by atoms with E-state index in [1.165, 1.54) is 0 Å². The van der Waals surface area contributed by atoms with Crippen LogP contribution in [0.25, 0.3) is 11.1 Å². The highest BCUT2D eigenvalue weighted by atomic mass is 35.5. The van der Waals surface area contributed by atoms with E-state index in [1.807, 2.05) is 48.5 Å². The molecule has 0 saturated heterocycles. The molecule has 0 saturated carbocycles. The van der Waals surface area contributed by atoms with Gasteiger partial charge in [0.05, 0.1) is 6.61 Å². The molecule has 2 rings (SSSR count). The summed E-state index contributed by atoms with van der Waals surface area (Å²) in [5.41, 5.74) is 2.82. The molecular weight excluding hydrogens is 295 g/mol. The van der Waals surface area contributed by atoms with Gasteiger partial charge in [-0.1, -0.05) is 48.0 Å². The zero-order valence-electron chi connectivity index (χ0n) is 11.0. The molecule has 20 heavy (non-hydrogen) atoms. The molecule has 0 N–H and O–H groups in total. The molecule has 1 atom stereocenters. The molecule has 0 aliphatic rings. The second-order valence-corrected chi connectivity index (χ2v) is 5.12. The van der Waals surface area contributed by atoms with Gasteiger partial charge in [-0.25, -0.2) is 0 Å². The summed E-state index contributed by atoms with van der Waals surface area (Å²) in [5.74, 6) is -0.423. The average molecular weight is 309 g/mol. The number of alkyl halides is 1. The number of ether oxygens (including phenoxy) is 1. The number of carbonyl (C=O) groups excluding carboxylic acids is 1. The largest absolute Gasteiger partial charge is 0.465 e. The van der Waals surface area contributed by atoms with Crippen molar-refractivity contribution in [2.75, 3.05) is 6.61 Å². The summed E-state index contributed by atoms with van der Waals surface area (Å²) in [7, 11) is 0. The van der Waals surface area contributed by atoms with Crippen LogP contribution in [0.5, 0.6) is 0 Å². The molecule has 4 heteroatoms. The number of carbonyl (C=O) groups is 1. The van der Waals surface area contributed by atoms with E-state index in [-0.39, 0.29) is 0 Å². The minimum atomic E-state index is -0.769. The van der Waals surface area contributed by atoms with Gasteiger partial charge in [-0.2, -0.15) is 0 Å². The van der Waals surface area contributed by atoms with E-state index >= 15 is 0 Å². The third-order valence-corrected chi connectivity index (χ3v) is 3.56. The van der Waals surface area contributed by atoms with Gasteiger partial charge in [-0.3, -0.25) is 4.79 Å². The Morgan fingerprint density at radius 3 is 2.05 bits per heavy atom. The molecule has 0 bridgehead atoms. The highest BCUT2D eigenvalue weighted by molar-refractivity contribution is 6.30. The summed E-state index contributed by atoms with van der Waals surface area (Å²) in [5, 5.41) is -0.0669. The quantitative estimate of drug-likeness (QED) is 0.596. The summed E-state index contributed by atoms with van der Waals surface area (Å²) in [6.45, 7) is 2.08. The second kappa shape index (κ2) is 6.78. The van der Waals surface area contributed by atoms with Crippen LogP contribution in [-0.4, -0.2) is 12.6 Å². The minimum Gasteiger partial charge on any atom is -0.465 e. The van der Waals surface area contributed by atoms with Crippen molar-refractivity contribution >= 4 is 29.2 Å². The second-order valence-electron chi connectivity index (χ2n) is 4.24. The highest BCUT2D eigenvalue weighted by Gasteiger charge is 2.18. The Balaban J connectivity index is 2.17. The fraction of sp³-hybridized carbons (Fsp3) is 0.188. The lowest BCUT2D eigenvalue weighted by molar-refractivity contribution is -0.142. The van der Waals surface area contributed by atoms with E-state index in [0.29, 0.717) is 11.6 Å². The molecule has 0 radical (unpaired) electrons. The van der Waals surface area contributed by atoms with Crippen molar-refractivity contribution in [1.82, 2.24) is 0 Å². The van der Waals surface area contributed by atoms with Crippen LogP contribution in [0.15, 0.2) is 48.5 Å². The Morgan fingerprint density at radius 1 is 1.05 bits per heavy atom. The van der Waals surface area contributed by atoms with Crippen LogP contribution >= 0.6 is 23.2 Å². The number of rotatable bonds is 4. The van der Waals surface area contributed by atoms with E-state index in [0.717, 1.165) is 16.7 Å². The van der Waals surface area contributed by atoms with Crippen molar-refractivity contribution in [3.63, 3.8) is 0 Å². The molecule has 0 amide bonds. The maximum atomic E-state index is 11.6. The lowest BCUT2D eigenvalue weighted by Crippen LogP contribution is -2.10. The van der Waals surface area contributed by atoms with Crippen molar-refractivity contribution in [2.45, 2.75) is 12.3 Å². The number of esters is 1. The predicted molar refractivity (Wildman–Crippen MR) is 82.1 cm³/mol. The standard InChI is InChI=1S/C16H14Cl2O2/c1-2-20-16(19)15(18)13-5-3-11(4-6-13)12-7-9-14(17)10-8-12/h3-10,15H,2H2,1H3. The van der Waals surface area contributed by atoms with Gasteiger partial charge in [-0.05, 0) is 35.7 Å². The van der Waals surface area contributed by atoms with E-state index in [1.54, 1.807) is 6.92 Å². The maximum Gasteiger partial charge on any atom is 0.328 e. The first kappa shape index (κ1) is 14.9. The normalized spacial score (nSPS) is 11.9. The lowest BCUT2D eigenvalue weighted by Gasteiger charge is -2.10. The topological polar surface area (TPSA) is 26.3 Å². The van der Waals surface area contributed by atoms with E-state index in [9.17, 15) is 4.79 Å². The van der Waals surface area contributed by atoms with Crippen LogP contribution in [-0.2, 0) is 9.53 Å². The van der Waals surface area contributed by atoms with Crippen LogP contribution in [0.4, 0.5) is 0 Å². The number of halogens is 2. The summed E-state index contributed by atoms with van der Waals surface area (Å²) in [6.07, 6.45) is 0.